The topological polar surface area (TPSA) is 70.3 Å². The molecule has 0 unspecified atom stereocenters. The molecule has 0 amide bonds. The summed E-state index contributed by atoms with van der Waals surface area (Å²) in [5, 5.41) is 0. The Bertz CT molecular complexity index is 3100. The van der Waals surface area contributed by atoms with Crippen LogP contribution in [0.25, 0.3) is 90.9 Å². The third kappa shape index (κ3) is 12.6. The van der Waals surface area contributed by atoms with Crippen molar-refractivity contribution in [1.29, 1.82) is 0 Å². The molecule has 0 saturated carbocycles. The second-order valence-corrected chi connectivity index (χ2v) is 21.2. The molecule has 2 N–H and O–H groups in total. The molecule has 4 aromatic carbocycles. The Balaban J connectivity index is 1.35. The number of rotatable bonds is 24. The van der Waals surface area contributed by atoms with Crippen molar-refractivity contribution in [1.82, 2.24) is 19.9 Å². The van der Waals surface area contributed by atoms with E-state index in [0.717, 1.165) is 112 Å². The number of benzene rings is 4. The van der Waals surface area contributed by atoms with Gasteiger partial charge in [0.25, 0.3) is 0 Å². The summed E-state index contributed by atoms with van der Waals surface area (Å²) < 4.78 is 0. The van der Waals surface area contributed by atoms with E-state index in [0.29, 0.717) is 99.4 Å². The maximum Gasteiger partial charge on any atom is 0.0738 e. The van der Waals surface area contributed by atoms with E-state index in [2.05, 4.69) is 175 Å². The van der Waals surface area contributed by atoms with Crippen molar-refractivity contribution in [3.05, 3.63) is 144 Å². The number of hydrogen-bond donors (Lipinski definition) is 2. The molecule has 8 nitrogen and oxygen atoms in total. The standard InChI is InChI=1S/C60H58Cl8N8/c61-25-33-73(34-26-62)45-9-1-41(2-10-45)57-49-17-19-51(69-49)58(42-3-11-46(12-4-42)74(35-27-63)36-28-64)53-21-23-55(71-53)60(44-7-15-48(16-8-44)76(39-31-67)40-32-68)56-24-22-54(72-56)59(52-20-18-50(57)70-52)43-5-13-47(14-6-43)75(37-29-65)38-30-66/h1-24,69-70H,25-40H2. The predicted octanol–water partition coefficient (Wildman–Crippen LogP) is 16.5. The van der Waals surface area contributed by atoms with E-state index in [1.165, 1.54) is 0 Å². The van der Waals surface area contributed by atoms with Crippen LogP contribution in [0.3, 0.4) is 0 Å². The number of fused-ring (bicyclic) bond motifs is 8. The van der Waals surface area contributed by atoms with Gasteiger partial charge in [0.1, 0.15) is 0 Å². The van der Waals surface area contributed by atoms with Gasteiger partial charge in [0.15, 0.2) is 0 Å². The number of aromatic amines is 2. The molecule has 394 valence electrons. The summed E-state index contributed by atoms with van der Waals surface area (Å²) in [7, 11) is 0. The molecular formula is C60H58Cl8N8. The lowest BCUT2D eigenvalue weighted by atomic mass is 10.0. The van der Waals surface area contributed by atoms with Crippen LogP contribution in [0.15, 0.2) is 121 Å². The van der Waals surface area contributed by atoms with Gasteiger partial charge in [0.05, 0.1) is 22.8 Å². The number of nitrogens with one attached hydrogen (secondary N) is 2. The number of anilines is 4. The van der Waals surface area contributed by atoms with E-state index in [1.807, 2.05) is 0 Å². The summed E-state index contributed by atoms with van der Waals surface area (Å²) in [4.78, 5) is 27.7. The van der Waals surface area contributed by atoms with Crippen molar-refractivity contribution in [3.8, 4) is 44.5 Å². The first-order valence-electron chi connectivity index (χ1n) is 25.4. The average molecular weight is 1170 g/mol. The van der Waals surface area contributed by atoms with Crippen LogP contribution in [0.1, 0.15) is 22.8 Å². The molecule has 2 aliphatic rings. The predicted molar refractivity (Wildman–Crippen MR) is 335 cm³/mol. The van der Waals surface area contributed by atoms with Gasteiger partial charge in [0, 0.05) is 166 Å². The third-order valence-electron chi connectivity index (χ3n) is 13.7. The van der Waals surface area contributed by atoms with E-state index in [-0.39, 0.29) is 0 Å². The Morgan fingerprint density at radius 3 is 0.724 bits per heavy atom. The van der Waals surface area contributed by atoms with Gasteiger partial charge in [-0.15, -0.1) is 92.8 Å². The lowest BCUT2D eigenvalue weighted by Gasteiger charge is -2.23. The van der Waals surface area contributed by atoms with Crippen LogP contribution >= 0.6 is 92.8 Å². The van der Waals surface area contributed by atoms with Crippen molar-refractivity contribution in [2.45, 2.75) is 0 Å². The largest absolute Gasteiger partial charge is 0.369 e. The molecule has 0 radical (unpaired) electrons. The molecule has 3 aromatic heterocycles. The number of alkyl halides is 8. The lowest BCUT2D eigenvalue weighted by molar-refractivity contribution is 0.874. The second-order valence-electron chi connectivity index (χ2n) is 18.2. The van der Waals surface area contributed by atoms with Crippen LogP contribution in [0, 0.1) is 0 Å². The number of H-pyrrole nitrogens is 2. The third-order valence-corrected chi connectivity index (χ3v) is 15.0. The molecule has 76 heavy (non-hydrogen) atoms. The molecule has 0 aliphatic carbocycles. The second kappa shape index (κ2) is 27.0. The van der Waals surface area contributed by atoms with E-state index in [9.17, 15) is 0 Å². The van der Waals surface area contributed by atoms with Gasteiger partial charge in [-0.05, 0) is 119 Å². The molecule has 2 aliphatic heterocycles. The van der Waals surface area contributed by atoms with Gasteiger partial charge in [-0.1, -0.05) is 48.5 Å². The first-order chi connectivity index (χ1) is 37.3. The maximum absolute atomic E-state index is 6.27. The van der Waals surface area contributed by atoms with Gasteiger partial charge in [0.2, 0.25) is 0 Å². The van der Waals surface area contributed by atoms with Gasteiger partial charge in [-0.3, -0.25) is 0 Å². The van der Waals surface area contributed by atoms with Crippen LogP contribution in [-0.4, -0.2) is 119 Å². The highest BCUT2D eigenvalue weighted by molar-refractivity contribution is 6.20. The van der Waals surface area contributed by atoms with Gasteiger partial charge < -0.3 is 29.6 Å². The van der Waals surface area contributed by atoms with Crippen molar-refractivity contribution < 1.29 is 0 Å². The molecule has 9 rings (SSSR count). The number of halogens is 8. The molecular weight excluding hydrogens is 1120 g/mol. The molecule has 0 fully saturated rings. The minimum atomic E-state index is 0.485. The lowest BCUT2D eigenvalue weighted by Crippen LogP contribution is -2.27. The molecule has 0 spiro atoms. The zero-order valence-electron chi connectivity index (χ0n) is 41.9. The van der Waals surface area contributed by atoms with Gasteiger partial charge >= 0.3 is 0 Å². The minimum Gasteiger partial charge on any atom is -0.369 e. The summed E-state index contributed by atoms with van der Waals surface area (Å²) in [6, 6.07) is 42.9. The van der Waals surface area contributed by atoms with E-state index in [4.69, 9.17) is 103 Å². The van der Waals surface area contributed by atoms with E-state index < -0.39 is 0 Å². The SMILES string of the molecule is ClCCN(CCCl)c1ccc(-c2c3nc(c(-c4ccc(N(CCCl)CCCl)cc4)c4ccc([nH]4)c(-c4ccc(N(CCCl)CCCl)cc4)c4ccc([nH]4)c(-c4ccc(N(CCCl)CCCl)cc4)c4nc2C=C4)C=C3)cc1. The number of aromatic nitrogens is 4. The van der Waals surface area contributed by atoms with Crippen molar-refractivity contribution >= 4 is 162 Å². The highest BCUT2D eigenvalue weighted by Gasteiger charge is 2.21. The van der Waals surface area contributed by atoms with Crippen LogP contribution in [-0.2, 0) is 0 Å². The Kier molecular flexibility index (Phi) is 19.8. The molecule has 5 heterocycles. The summed E-state index contributed by atoms with van der Waals surface area (Å²) in [5.41, 5.74) is 18.7. The van der Waals surface area contributed by atoms with Crippen molar-refractivity contribution in [3.63, 3.8) is 0 Å². The Labute approximate surface area is 485 Å². The van der Waals surface area contributed by atoms with Crippen LogP contribution in [0.4, 0.5) is 22.7 Å². The Morgan fingerprint density at radius 2 is 0.474 bits per heavy atom. The maximum atomic E-state index is 6.27. The number of nitrogens with zero attached hydrogens (tertiary/aromatic N) is 6. The van der Waals surface area contributed by atoms with E-state index >= 15 is 0 Å². The number of hydrogen-bond acceptors (Lipinski definition) is 6. The highest BCUT2D eigenvalue weighted by Crippen LogP contribution is 2.40. The average Bonchev–Trinajstić information content (AvgIpc) is 4.33. The first-order valence-corrected chi connectivity index (χ1v) is 29.7. The molecule has 16 heteroatoms. The summed E-state index contributed by atoms with van der Waals surface area (Å²) in [5.74, 6) is 3.90. The Hall–Kier alpha value is -5.00. The highest BCUT2D eigenvalue weighted by atomic mass is 35.5. The zero-order valence-corrected chi connectivity index (χ0v) is 47.9. The molecule has 8 bridgehead atoms. The fourth-order valence-corrected chi connectivity index (χ4v) is 11.7. The zero-order chi connectivity index (χ0) is 53.0. The summed E-state index contributed by atoms with van der Waals surface area (Å²) in [6.07, 6.45) is 8.42. The fourth-order valence-electron chi connectivity index (χ4n) is 10.1. The van der Waals surface area contributed by atoms with Crippen LogP contribution < -0.4 is 19.6 Å². The monoisotopic (exact) mass is 1170 g/mol. The van der Waals surface area contributed by atoms with Gasteiger partial charge in [-0.2, -0.15) is 0 Å². The minimum absolute atomic E-state index is 0.485. The van der Waals surface area contributed by atoms with E-state index in [1.54, 1.807) is 0 Å². The first kappa shape index (κ1) is 55.7. The normalized spacial score (nSPS) is 11.9. The van der Waals surface area contributed by atoms with Crippen molar-refractivity contribution in [2.24, 2.45) is 0 Å². The molecule has 0 saturated heterocycles. The quantitative estimate of drug-likeness (QED) is 0.0588. The summed E-state index contributed by atoms with van der Waals surface area (Å²) in [6.45, 7) is 5.43. The van der Waals surface area contributed by atoms with Crippen LogP contribution in [0.2, 0.25) is 0 Å². The molecule has 0 atom stereocenters. The smallest absolute Gasteiger partial charge is 0.0738 e. The van der Waals surface area contributed by atoms with Gasteiger partial charge in [-0.25, -0.2) is 9.97 Å². The summed E-state index contributed by atoms with van der Waals surface area (Å²) >= 11 is 50.2. The van der Waals surface area contributed by atoms with Crippen LogP contribution in [0.5, 0.6) is 0 Å². The Morgan fingerprint density at radius 1 is 0.263 bits per heavy atom. The van der Waals surface area contributed by atoms with Crippen molar-refractivity contribution in [2.75, 3.05) is 119 Å². The fraction of sp³-hybridized carbons (Fsp3) is 0.267. The molecule has 7 aromatic rings.